The second kappa shape index (κ2) is 10.7. The molecule has 1 aromatic carbocycles. The predicted molar refractivity (Wildman–Crippen MR) is 107 cm³/mol. The topological polar surface area (TPSA) is 87.7 Å². The molecule has 3 amide bonds. The highest BCUT2D eigenvalue weighted by Crippen LogP contribution is 2.13. The Labute approximate surface area is 166 Å². The summed E-state index contributed by atoms with van der Waals surface area (Å²) >= 11 is 0. The number of ether oxygens (including phenoxy) is 1. The molecule has 7 nitrogen and oxygen atoms in total. The lowest BCUT2D eigenvalue weighted by Gasteiger charge is -2.31. The lowest BCUT2D eigenvalue weighted by Crippen LogP contribution is -2.46. The van der Waals surface area contributed by atoms with E-state index >= 15 is 0 Å². The standard InChI is InChI=1S/C21H31N3O4/c1-4-28-21(27)24-13-10-17(11-14-24)23-19(25)9-6-12-22-20(26)18-8-5-7-15(2)16(18)3/h5,7-8,17H,4,6,9-14H2,1-3H3,(H,22,26)(H,23,25). The van der Waals surface area contributed by atoms with Crippen molar-refractivity contribution in [3.8, 4) is 0 Å². The first-order chi connectivity index (χ1) is 13.4. The van der Waals surface area contributed by atoms with Gasteiger partial charge in [-0.25, -0.2) is 4.79 Å². The van der Waals surface area contributed by atoms with E-state index in [9.17, 15) is 14.4 Å². The number of likely N-dealkylation sites (tertiary alicyclic amines) is 1. The average Bonchev–Trinajstić information content (AvgIpc) is 2.68. The van der Waals surface area contributed by atoms with E-state index in [2.05, 4.69) is 10.6 Å². The summed E-state index contributed by atoms with van der Waals surface area (Å²) in [5, 5.41) is 5.90. The molecule has 2 rings (SSSR count). The number of carbonyl (C=O) groups excluding carboxylic acids is 3. The Morgan fingerprint density at radius 1 is 1.18 bits per heavy atom. The smallest absolute Gasteiger partial charge is 0.409 e. The third-order valence-corrected chi connectivity index (χ3v) is 5.10. The first-order valence-electron chi connectivity index (χ1n) is 9.97. The lowest BCUT2D eigenvalue weighted by atomic mass is 10.0. The van der Waals surface area contributed by atoms with Crippen LogP contribution in [0.4, 0.5) is 4.79 Å². The first kappa shape index (κ1) is 21.7. The maximum atomic E-state index is 12.3. The van der Waals surface area contributed by atoms with Crippen molar-refractivity contribution in [3.63, 3.8) is 0 Å². The average molecular weight is 389 g/mol. The number of nitrogens with zero attached hydrogens (tertiary/aromatic N) is 1. The van der Waals surface area contributed by atoms with Gasteiger partial charge in [0, 0.05) is 37.7 Å². The molecule has 1 aliphatic heterocycles. The second-order valence-corrected chi connectivity index (χ2v) is 7.13. The van der Waals surface area contributed by atoms with Gasteiger partial charge in [-0.15, -0.1) is 0 Å². The van der Waals surface area contributed by atoms with Crippen LogP contribution in [0.5, 0.6) is 0 Å². The summed E-state index contributed by atoms with van der Waals surface area (Å²) in [5.74, 6) is -0.122. The van der Waals surface area contributed by atoms with Crippen LogP contribution in [0.1, 0.15) is 54.1 Å². The van der Waals surface area contributed by atoms with Crippen molar-refractivity contribution in [2.45, 2.75) is 52.5 Å². The van der Waals surface area contributed by atoms with Crippen molar-refractivity contribution in [2.75, 3.05) is 26.2 Å². The molecule has 1 aliphatic rings. The normalized spacial score (nSPS) is 14.5. The van der Waals surface area contributed by atoms with Crippen LogP contribution in [-0.2, 0) is 9.53 Å². The Balaban J connectivity index is 1.64. The van der Waals surface area contributed by atoms with Gasteiger partial charge in [0.05, 0.1) is 6.61 Å². The van der Waals surface area contributed by atoms with Crippen LogP contribution in [0.2, 0.25) is 0 Å². The van der Waals surface area contributed by atoms with Gasteiger partial charge in [-0.1, -0.05) is 12.1 Å². The molecule has 0 unspecified atom stereocenters. The zero-order valence-electron chi connectivity index (χ0n) is 17.0. The molecule has 0 bridgehead atoms. The van der Waals surface area contributed by atoms with Gasteiger partial charge in [0.25, 0.3) is 5.91 Å². The van der Waals surface area contributed by atoms with Crippen LogP contribution in [0.25, 0.3) is 0 Å². The zero-order valence-corrected chi connectivity index (χ0v) is 17.0. The summed E-state index contributed by atoms with van der Waals surface area (Å²) in [6.45, 7) is 7.72. The predicted octanol–water partition coefficient (Wildman–Crippen LogP) is 2.55. The van der Waals surface area contributed by atoms with E-state index < -0.39 is 0 Å². The van der Waals surface area contributed by atoms with Crippen LogP contribution in [0, 0.1) is 13.8 Å². The molecule has 1 heterocycles. The Morgan fingerprint density at radius 3 is 2.57 bits per heavy atom. The van der Waals surface area contributed by atoms with Crippen LogP contribution >= 0.6 is 0 Å². The Morgan fingerprint density at radius 2 is 1.89 bits per heavy atom. The number of hydrogen-bond acceptors (Lipinski definition) is 4. The molecule has 0 saturated carbocycles. The molecule has 2 N–H and O–H groups in total. The highest BCUT2D eigenvalue weighted by Gasteiger charge is 2.24. The minimum Gasteiger partial charge on any atom is -0.450 e. The maximum Gasteiger partial charge on any atom is 0.409 e. The molecule has 0 aliphatic carbocycles. The SMILES string of the molecule is CCOC(=O)N1CCC(NC(=O)CCCNC(=O)c2cccc(C)c2C)CC1. The fourth-order valence-electron chi connectivity index (χ4n) is 3.26. The van der Waals surface area contributed by atoms with Gasteiger partial charge in [-0.2, -0.15) is 0 Å². The van der Waals surface area contributed by atoms with E-state index in [0.717, 1.165) is 24.0 Å². The highest BCUT2D eigenvalue weighted by atomic mass is 16.6. The third-order valence-electron chi connectivity index (χ3n) is 5.10. The molecule has 0 aromatic heterocycles. The van der Waals surface area contributed by atoms with Gasteiger partial charge >= 0.3 is 6.09 Å². The maximum absolute atomic E-state index is 12.3. The quantitative estimate of drug-likeness (QED) is 0.702. The molecule has 0 atom stereocenters. The molecule has 28 heavy (non-hydrogen) atoms. The van der Waals surface area contributed by atoms with Gasteiger partial charge in [0.2, 0.25) is 5.91 Å². The van der Waals surface area contributed by atoms with Crippen molar-refractivity contribution < 1.29 is 19.1 Å². The fourth-order valence-corrected chi connectivity index (χ4v) is 3.26. The fraction of sp³-hybridized carbons (Fsp3) is 0.571. The molecule has 0 radical (unpaired) electrons. The first-order valence-corrected chi connectivity index (χ1v) is 9.97. The van der Waals surface area contributed by atoms with Gasteiger partial charge in [-0.3, -0.25) is 9.59 Å². The number of amides is 3. The number of nitrogens with one attached hydrogen (secondary N) is 2. The lowest BCUT2D eigenvalue weighted by molar-refractivity contribution is -0.122. The number of benzene rings is 1. The molecule has 7 heteroatoms. The van der Waals surface area contributed by atoms with E-state index in [1.165, 1.54) is 0 Å². The minimum absolute atomic E-state index is 0.0180. The van der Waals surface area contributed by atoms with Crippen molar-refractivity contribution in [2.24, 2.45) is 0 Å². The van der Waals surface area contributed by atoms with Gasteiger partial charge in [-0.05, 0) is 57.2 Å². The van der Waals surface area contributed by atoms with E-state index in [4.69, 9.17) is 4.74 Å². The van der Waals surface area contributed by atoms with Gasteiger partial charge in [0.1, 0.15) is 0 Å². The summed E-state index contributed by atoms with van der Waals surface area (Å²) in [7, 11) is 0. The summed E-state index contributed by atoms with van der Waals surface area (Å²) in [4.78, 5) is 37.7. The summed E-state index contributed by atoms with van der Waals surface area (Å²) in [6, 6.07) is 5.75. The van der Waals surface area contributed by atoms with Gasteiger partial charge in [0.15, 0.2) is 0 Å². The Hall–Kier alpha value is -2.57. The monoisotopic (exact) mass is 389 g/mol. The molecular weight excluding hydrogens is 358 g/mol. The molecule has 1 aromatic rings. The molecule has 1 fully saturated rings. The number of hydrogen-bond donors (Lipinski definition) is 2. The van der Waals surface area contributed by atoms with E-state index in [1.54, 1.807) is 11.8 Å². The van der Waals surface area contributed by atoms with Crippen LogP contribution in [0.3, 0.4) is 0 Å². The minimum atomic E-state index is -0.285. The van der Waals surface area contributed by atoms with Crippen molar-refractivity contribution >= 4 is 17.9 Å². The van der Waals surface area contributed by atoms with E-state index in [-0.39, 0.29) is 23.9 Å². The highest BCUT2D eigenvalue weighted by molar-refractivity contribution is 5.95. The molecule has 154 valence electrons. The molecule has 0 spiro atoms. The number of rotatable bonds is 7. The van der Waals surface area contributed by atoms with Crippen LogP contribution in [-0.4, -0.2) is 55.1 Å². The third kappa shape index (κ3) is 6.25. The Kier molecular flexibility index (Phi) is 8.29. The summed E-state index contributed by atoms with van der Waals surface area (Å²) in [5.41, 5.74) is 2.74. The van der Waals surface area contributed by atoms with Crippen molar-refractivity contribution in [1.29, 1.82) is 0 Å². The van der Waals surface area contributed by atoms with Crippen LogP contribution in [0.15, 0.2) is 18.2 Å². The second-order valence-electron chi connectivity index (χ2n) is 7.13. The molecule has 1 saturated heterocycles. The molecular formula is C21H31N3O4. The summed E-state index contributed by atoms with van der Waals surface area (Å²) in [6.07, 6.45) is 2.13. The number of piperidine rings is 1. The van der Waals surface area contributed by atoms with E-state index in [1.807, 2.05) is 32.0 Å². The zero-order chi connectivity index (χ0) is 20.5. The van der Waals surface area contributed by atoms with Crippen molar-refractivity contribution in [1.82, 2.24) is 15.5 Å². The number of carbonyl (C=O) groups is 3. The van der Waals surface area contributed by atoms with E-state index in [0.29, 0.717) is 44.6 Å². The van der Waals surface area contributed by atoms with Gasteiger partial charge < -0.3 is 20.3 Å². The Bertz CT molecular complexity index is 697. The largest absolute Gasteiger partial charge is 0.450 e. The van der Waals surface area contributed by atoms with Crippen LogP contribution < -0.4 is 10.6 Å². The number of aryl methyl sites for hydroxylation is 1. The van der Waals surface area contributed by atoms with Crippen molar-refractivity contribution in [3.05, 3.63) is 34.9 Å². The summed E-state index contributed by atoms with van der Waals surface area (Å²) < 4.78 is 4.99.